The molecule has 0 spiro atoms. The van der Waals surface area contributed by atoms with Gasteiger partial charge in [0.05, 0.1) is 17.9 Å². The van der Waals surface area contributed by atoms with Gasteiger partial charge in [0.15, 0.2) is 11.6 Å². The minimum atomic E-state index is -0.261. The lowest BCUT2D eigenvalue weighted by molar-refractivity contribution is 0.254. The van der Waals surface area contributed by atoms with Crippen LogP contribution in [0.25, 0.3) is 0 Å². The average Bonchev–Trinajstić information content (AvgIpc) is 3.02. The Labute approximate surface area is 145 Å². The summed E-state index contributed by atoms with van der Waals surface area (Å²) in [5.74, 6) is 1.01. The molecule has 2 aliphatic heterocycles. The number of amides is 2. The van der Waals surface area contributed by atoms with Crippen molar-refractivity contribution in [2.45, 2.75) is 26.3 Å². The van der Waals surface area contributed by atoms with Gasteiger partial charge in [-0.25, -0.2) is 14.8 Å². The van der Waals surface area contributed by atoms with E-state index in [9.17, 15) is 4.79 Å². The molecule has 2 amide bonds. The predicted molar refractivity (Wildman–Crippen MR) is 94.7 cm³/mol. The molecule has 0 saturated carbocycles. The third kappa shape index (κ3) is 2.99. The molecule has 24 heavy (non-hydrogen) atoms. The van der Waals surface area contributed by atoms with Gasteiger partial charge < -0.3 is 4.90 Å². The summed E-state index contributed by atoms with van der Waals surface area (Å²) in [4.78, 5) is 29.0. The molecule has 0 aromatic carbocycles. The van der Waals surface area contributed by atoms with Gasteiger partial charge in [-0.05, 0) is 18.6 Å². The Kier molecular flexibility index (Phi) is 4.80. The molecule has 4 heterocycles. The Morgan fingerprint density at radius 2 is 2.17 bits per heavy atom. The summed E-state index contributed by atoms with van der Waals surface area (Å²) in [5.41, 5.74) is 0.937. The van der Waals surface area contributed by atoms with Crippen LogP contribution < -0.4 is 15.1 Å². The van der Waals surface area contributed by atoms with E-state index in [0.717, 1.165) is 25.2 Å². The van der Waals surface area contributed by atoms with Gasteiger partial charge in [0, 0.05) is 25.5 Å². The van der Waals surface area contributed by atoms with E-state index in [2.05, 4.69) is 25.2 Å². The standard InChI is InChI=1S/C14H13ClN6O.C2H6/c15-11-2-1-10-13(18-11)21(9-3-6-20(10)8-9)14(22)19-12-7-16-4-5-17-12;1-2/h1-2,4-5,7,9H,3,6,8H2,(H,17,19,22);1-2H3/t9-;/m0./s1. The largest absolute Gasteiger partial charge is 0.366 e. The topological polar surface area (TPSA) is 74.2 Å². The second kappa shape index (κ2) is 7.00. The number of fused-ring (bicyclic) bond motifs is 4. The minimum absolute atomic E-state index is 0.0927. The fraction of sp³-hybridized carbons (Fsp3) is 0.375. The van der Waals surface area contributed by atoms with Crippen LogP contribution in [0.2, 0.25) is 5.15 Å². The first-order valence-corrected chi connectivity index (χ1v) is 8.38. The van der Waals surface area contributed by atoms with Gasteiger partial charge in [-0.2, -0.15) is 0 Å². The molecule has 2 aromatic rings. The SMILES string of the molecule is CC.O=C(Nc1cnccn1)N1c2nc(Cl)ccc2N2CC[C@H]1C2. The maximum absolute atomic E-state index is 12.7. The molecule has 2 bridgehead atoms. The van der Waals surface area contributed by atoms with Gasteiger partial charge >= 0.3 is 6.03 Å². The van der Waals surface area contributed by atoms with E-state index >= 15 is 0 Å². The monoisotopic (exact) mass is 346 g/mol. The molecule has 2 aliphatic rings. The molecule has 1 atom stereocenters. The number of carbonyl (C=O) groups is 1. The number of nitrogens with one attached hydrogen (secondary N) is 1. The van der Waals surface area contributed by atoms with Crippen LogP contribution in [0.5, 0.6) is 0 Å². The molecule has 126 valence electrons. The van der Waals surface area contributed by atoms with Crippen molar-refractivity contribution in [3.05, 3.63) is 35.9 Å². The first-order valence-electron chi connectivity index (χ1n) is 8.00. The fourth-order valence-electron chi connectivity index (χ4n) is 2.98. The molecular weight excluding hydrogens is 328 g/mol. The zero-order chi connectivity index (χ0) is 17.1. The summed E-state index contributed by atoms with van der Waals surface area (Å²) >= 11 is 6.01. The van der Waals surface area contributed by atoms with Crippen LogP contribution >= 0.6 is 11.6 Å². The number of hydrogen-bond donors (Lipinski definition) is 1. The van der Waals surface area contributed by atoms with Crippen molar-refractivity contribution >= 4 is 35.0 Å². The number of rotatable bonds is 1. The Hall–Kier alpha value is -2.41. The van der Waals surface area contributed by atoms with Gasteiger partial charge in [-0.1, -0.05) is 25.4 Å². The Bertz CT molecular complexity index is 726. The second-order valence-corrected chi connectivity index (χ2v) is 5.64. The van der Waals surface area contributed by atoms with Crippen LogP contribution in [-0.2, 0) is 0 Å². The smallest absolute Gasteiger partial charge is 0.329 e. The lowest BCUT2D eigenvalue weighted by Crippen LogP contribution is -2.48. The van der Waals surface area contributed by atoms with Crippen LogP contribution in [0.1, 0.15) is 20.3 Å². The zero-order valence-electron chi connectivity index (χ0n) is 13.6. The summed E-state index contributed by atoms with van der Waals surface area (Å²) in [6, 6.07) is 3.49. The highest BCUT2D eigenvalue weighted by Crippen LogP contribution is 2.39. The zero-order valence-corrected chi connectivity index (χ0v) is 14.4. The first-order chi connectivity index (χ1) is 11.7. The molecule has 8 heteroatoms. The summed E-state index contributed by atoms with van der Waals surface area (Å²) in [6.07, 6.45) is 5.51. The average molecular weight is 347 g/mol. The number of aromatic nitrogens is 3. The molecular formula is C16H19ClN6O. The van der Waals surface area contributed by atoms with Crippen molar-refractivity contribution in [1.82, 2.24) is 15.0 Å². The number of nitrogens with zero attached hydrogens (tertiary/aromatic N) is 5. The molecule has 0 unspecified atom stereocenters. The van der Waals surface area contributed by atoms with Crippen molar-refractivity contribution in [1.29, 1.82) is 0 Å². The summed E-state index contributed by atoms with van der Waals surface area (Å²) in [6.45, 7) is 5.72. The van der Waals surface area contributed by atoms with Crippen LogP contribution in [-0.4, -0.2) is 40.1 Å². The molecule has 1 saturated heterocycles. The minimum Gasteiger partial charge on any atom is -0.366 e. The van der Waals surface area contributed by atoms with E-state index in [-0.39, 0.29) is 12.1 Å². The highest BCUT2D eigenvalue weighted by molar-refractivity contribution is 6.29. The van der Waals surface area contributed by atoms with Crippen LogP contribution in [0.4, 0.5) is 22.1 Å². The highest BCUT2D eigenvalue weighted by Gasteiger charge is 2.40. The van der Waals surface area contributed by atoms with Crippen molar-refractivity contribution in [2.24, 2.45) is 0 Å². The molecule has 0 radical (unpaired) electrons. The van der Waals surface area contributed by atoms with E-state index in [4.69, 9.17) is 11.6 Å². The highest BCUT2D eigenvalue weighted by atomic mass is 35.5. The third-order valence-electron chi connectivity index (χ3n) is 3.93. The molecule has 1 fully saturated rings. The molecule has 7 nitrogen and oxygen atoms in total. The number of anilines is 3. The number of hydrogen-bond acceptors (Lipinski definition) is 5. The number of pyridine rings is 1. The lowest BCUT2D eigenvalue weighted by atomic mass is 10.2. The summed E-state index contributed by atoms with van der Waals surface area (Å²) in [5, 5.41) is 3.14. The Balaban J connectivity index is 0.000000815. The van der Waals surface area contributed by atoms with Crippen molar-refractivity contribution in [3.63, 3.8) is 0 Å². The van der Waals surface area contributed by atoms with Crippen LogP contribution in [0.15, 0.2) is 30.7 Å². The summed E-state index contributed by atoms with van der Waals surface area (Å²) in [7, 11) is 0. The van der Waals surface area contributed by atoms with E-state index in [1.165, 1.54) is 12.4 Å². The molecule has 2 aromatic heterocycles. The predicted octanol–water partition coefficient (Wildman–Crippen LogP) is 3.18. The fourth-order valence-corrected chi connectivity index (χ4v) is 3.12. The van der Waals surface area contributed by atoms with Crippen LogP contribution in [0, 0.1) is 0 Å². The van der Waals surface area contributed by atoms with Crippen molar-refractivity contribution in [3.8, 4) is 0 Å². The molecule has 4 rings (SSSR count). The van der Waals surface area contributed by atoms with E-state index in [0.29, 0.717) is 16.8 Å². The molecule has 0 aliphatic carbocycles. The van der Waals surface area contributed by atoms with Gasteiger partial charge in [0.2, 0.25) is 0 Å². The Morgan fingerprint density at radius 3 is 2.92 bits per heavy atom. The lowest BCUT2D eigenvalue weighted by Gasteiger charge is -2.35. The van der Waals surface area contributed by atoms with E-state index in [1.807, 2.05) is 19.9 Å². The number of halogens is 1. The van der Waals surface area contributed by atoms with E-state index < -0.39 is 0 Å². The number of carbonyl (C=O) groups excluding carboxylic acids is 1. The maximum Gasteiger partial charge on any atom is 0.329 e. The van der Waals surface area contributed by atoms with Crippen molar-refractivity contribution in [2.75, 3.05) is 28.2 Å². The van der Waals surface area contributed by atoms with E-state index in [1.54, 1.807) is 17.2 Å². The summed E-state index contributed by atoms with van der Waals surface area (Å²) < 4.78 is 0. The van der Waals surface area contributed by atoms with Crippen LogP contribution in [0.3, 0.4) is 0 Å². The maximum atomic E-state index is 12.7. The quantitative estimate of drug-likeness (QED) is 0.803. The van der Waals surface area contributed by atoms with Gasteiger partial charge in [-0.3, -0.25) is 15.2 Å². The third-order valence-corrected chi connectivity index (χ3v) is 4.15. The first kappa shape index (κ1) is 16.4. The molecule has 1 N–H and O–H groups in total. The van der Waals surface area contributed by atoms with Gasteiger partial charge in [0.25, 0.3) is 0 Å². The normalized spacial score (nSPS) is 17.7. The van der Waals surface area contributed by atoms with Gasteiger partial charge in [0.1, 0.15) is 5.15 Å². The van der Waals surface area contributed by atoms with Crippen molar-refractivity contribution < 1.29 is 4.79 Å². The number of urea groups is 1. The Morgan fingerprint density at radius 1 is 1.33 bits per heavy atom. The second-order valence-electron chi connectivity index (χ2n) is 5.26. The van der Waals surface area contributed by atoms with Gasteiger partial charge in [-0.15, -0.1) is 0 Å².